The molecule has 8 nitrogen and oxygen atoms in total. The van der Waals surface area contributed by atoms with Crippen LogP contribution in [0.1, 0.15) is 47.6 Å². The predicted octanol–water partition coefficient (Wildman–Crippen LogP) is 5.89. The number of aromatic nitrogens is 2. The summed E-state index contributed by atoms with van der Waals surface area (Å²) in [5, 5.41) is 8.82. The van der Waals surface area contributed by atoms with Crippen molar-refractivity contribution in [2.24, 2.45) is 0 Å². The van der Waals surface area contributed by atoms with Crippen LogP contribution in [0.4, 0.5) is 22.0 Å². The summed E-state index contributed by atoms with van der Waals surface area (Å²) in [6.45, 7) is -0.497. The maximum atomic E-state index is 15.9. The summed E-state index contributed by atoms with van der Waals surface area (Å²) in [5.41, 5.74) is -2.70. The monoisotopic (exact) mass is 657 g/mol. The van der Waals surface area contributed by atoms with E-state index in [0.717, 1.165) is 45.0 Å². The third-order valence-electron chi connectivity index (χ3n) is 8.32. The van der Waals surface area contributed by atoms with Crippen LogP contribution in [-0.2, 0) is 30.5 Å². The van der Waals surface area contributed by atoms with Crippen molar-refractivity contribution in [1.29, 1.82) is 0 Å². The number of hydrogen-bond donors (Lipinski definition) is 1. The van der Waals surface area contributed by atoms with Gasteiger partial charge in [-0.1, -0.05) is 42.5 Å². The molecule has 4 aromatic rings. The minimum atomic E-state index is -4.94. The van der Waals surface area contributed by atoms with Gasteiger partial charge < -0.3 is 9.84 Å². The van der Waals surface area contributed by atoms with Crippen LogP contribution >= 0.6 is 0 Å². The summed E-state index contributed by atoms with van der Waals surface area (Å²) in [4.78, 5) is 40.6. The maximum absolute atomic E-state index is 15.9. The normalized spacial score (nSPS) is 15.0. The Morgan fingerprint density at radius 1 is 0.979 bits per heavy atom. The van der Waals surface area contributed by atoms with E-state index >= 15 is 4.39 Å². The first-order valence-electron chi connectivity index (χ1n) is 15.0. The molecule has 248 valence electrons. The van der Waals surface area contributed by atoms with Crippen LogP contribution in [0.2, 0.25) is 0 Å². The Balaban J connectivity index is 1.63. The van der Waals surface area contributed by atoms with Gasteiger partial charge in [0.05, 0.1) is 36.9 Å². The first-order valence-corrected chi connectivity index (χ1v) is 15.0. The molecule has 47 heavy (non-hydrogen) atoms. The molecule has 5 rings (SSSR count). The van der Waals surface area contributed by atoms with E-state index in [4.69, 9.17) is 9.84 Å². The first kappa shape index (κ1) is 33.6. The number of fused-ring (bicyclic) bond motifs is 1. The molecular weight excluding hydrogens is 625 g/mol. The summed E-state index contributed by atoms with van der Waals surface area (Å²) < 4.78 is 79.7. The molecule has 0 fully saturated rings. The van der Waals surface area contributed by atoms with E-state index in [2.05, 4.69) is 0 Å². The van der Waals surface area contributed by atoms with Gasteiger partial charge in [0, 0.05) is 30.3 Å². The number of benzene rings is 3. The number of aliphatic carboxylic acids is 1. The number of carbonyl (C=O) groups is 1. The van der Waals surface area contributed by atoms with E-state index in [-0.39, 0.29) is 36.4 Å². The van der Waals surface area contributed by atoms with Gasteiger partial charge in [-0.2, -0.15) is 13.2 Å². The van der Waals surface area contributed by atoms with Crippen LogP contribution in [0, 0.1) is 11.6 Å². The molecule has 2 heterocycles. The smallest absolute Gasteiger partial charge is 0.416 e. The number of hydrogen-bond acceptors (Lipinski definition) is 5. The largest absolute Gasteiger partial charge is 0.490 e. The number of alkyl halides is 3. The van der Waals surface area contributed by atoms with Gasteiger partial charge >= 0.3 is 17.8 Å². The second kappa shape index (κ2) is 13.9. The van der Waals surface area contributed by atoms with E-state index in [0.29, 0.717) is 25.5 Å². The number of likely N-dealkylation sites (N-methyl/N-ethyl adjacent to an activating group) is 1. The van der Waals surface area contributed by atoms with Crippen LogP contribution in [0.5, 0.6) is 5.75 Å². The third-order valence-corrected chi connectivity index (χ3v) is 8.32. The number of carboxylic acid groups (broad SMARTS) is 1. The Hall–Kier alpha value is -4.78. The van der Waals surface area contributed by atoms with Crippen molar-refractivity contribution in [2.75, 3.05) is 20.2 Å². The molecule has 0 bridgehead atoms. The Kier molecular flexibility index (Phi) is 9.94. The summed E-state index contributed by atoms with van der Waals surface area (Å²) in [5.74, 6) is -3.38. The van der Waals surface area contributed by atoms with Crippen molar-refractivity contribution in [3.8, 4) is 16.9 Å². The fourth-order valence-electron chi connectivity index (χ4n) is 5.85. The Morgan fingerprint density at radius 3 is 2.47 bits per heavy atom. The molecule has 0 unspecified atom stereocenters. The third kappa shape index (κ3) is 7.30. The molecule has 0 aliphatic carbocycles. The van der Waals surface area contributed by atoms with Crippen molar-refractivity contribution in [3.05, 3.63) is 122 Å². The molecule has 0 saturated carbocycles. The van der Waals surface area contributed by atoms with Crippen molar-refractivity contribution in [1.82, 2.24) is 14.0 Å². The lowest BCUT2D eigenvalue weighted by atomic mass is 9.93. The SMILES string of the molecule is CN1CCc2ccccc2[C@@H]1Cn1c(=O)c(-c2cccc(OCCCCC(=O)O)c2F)cn(Cc2c(F)cccc2C(F)(F)F)c1=O. The summed E-state index contributed by atoms with van der Waals surface area (Å²) >= 11 is 0. The molecule has 0 amide bonds. The Labute approximate surface area is 266 Å². The zero-order chi connectivity index (χ0) is 33.9. The first-order chi connectivity index (χ1) is 22.4. The van der Waals surface area contributed by atoms with Gasteiger partial charge in [0.2, 0.25) is 0 Å². The quantitative estimate of drug-likeness (QED) is 0.160. The van der Waals surface area contributed by atoms with Crippen LogP contribution in [0.25, 0.3) is 11.1 Å². The minimum Gasteiger partial charge on any atom is -0.490 e. The van der Waals surface area contributed by atoms with Gasteiger partial charge in [-0.05, 0) is 55.6 Å². The van der Waals surface area contributed by atoms with Crippen LogP contribution < -0.4 is 16.0 Å². The van der Waals surface area contributed by atoms with E-state index in [1.54, 1.807) is 0 Å². The van der Waals surface area contributed by atoms with E-state index in [1.807, 2.05) is 36.2 Å². The molecule has 1 aromatic heterocycles. The van der Waals surface area contributed by atoms with Crippen LogP contribution in [-0.4, -0.2) is 45.3 Å². The zero-order valence-electron chi connectivity index (χ0n) is 25.4. The van der Waals surface area contributed by atoms with Crippen LogP contribution in [0.3, 0.4) is 0 Å². The second-order valence-electron chi connectivity index (χ2n) is 11.4. The molecule has 3 aromatic carbocycles. The molecule has 0 spiro atoms. The van der Waals surface area contributed by atoms with Gasteiger partial charge in [-0.15, -0.1) is 0 Å². The predicted molar refractivity (Wildman–Crippen MR) is 163 cm³/mol. The van der Waals surface area contributed by atoms with Crippen LogP contribution in [0.15, 0.2) is 76.4 Å². The average molecular weight is 658 g/mol. The Bertz CT molecular complexity index is 1900. The topological polar surface area (TPSA) is 93.8 Å². The number of unbranched alkanes of at least 4 members (excludes halogenated alkanes) is 1. The molecule has 1 atom stereocenters. The number of halogens is 5. The highest BCUT2D eigenvalue weighted by Crippen LogP contribution is 2.34. The fourth-order valence-corrected chi connectivity index (χ4v) is 5.85. The lowest BCUT2D eigenvalue weighted by Crippen LogP contribution is -2.45. The number of rotatable bonds is 11. The maximum Gasteiger partial charge on any atom is 0.416 e. The second-order valence-corrected chi connectivity index (χ2v) is 11.4. The highest BCUT2D eigenvalue weighted by atomic mass is 19.4. The van der Waals surface area contributed by atoms with Gasteiger partial charge in [-0.3, -0.25) is 23.6 Å². The molecule has 13 heteroatoms. The van der Waals surface area contributed by atoms with Crippen molar-refractivity contribution in [2.45, 2.75) is 51.0 Å². The van der Waals surface area contributed by atoms with Gasteiger partial charge in [0.15, 0.2) is 11.6 Å². The lowest BCUT2D eigenvalue weighted by Gasteiger charge is -2.35. The van der Waals surface area contributed by atoms with Crippen molar-refractivity contribution in [3.63, 3.8) is 0 Å². The summed E-state index contributed by atoms with van der Waals surface area (Å²) in [6, 6.07) is 13.5. The van der Waals surface area contributed by atoms with E-state index < -0.39 is 58.7 Å². The average Bonchev–Trinajstić information content (AvgIpc) is 3.02. The highest BCUT2D eigenvalue weighted by molar-refractivity contribution is 5.66. The molecule has 0 radical (unpaired) electrons. The molecular formula is C34H32F5N3O5. The van der Waals surface area contributed by atoms with E-state index in [1.165, 1.54) is 18.2 Å². The molecule has 0 saturated heterocycles. The van der Waals surface area contributed by atoms with Gasteiger partial charge in [-0.25, -0.2) is 13.6 Å². The van der Waals surface area contributed by atoms with Crippen molar-refractivity contribution >= 4 is 5.97 Å². The molecule has 1 N–H and O–H groups in total. The number of carboxylic acids is 1. The number of nitrogens with zero attached hydrogens (tertiary/aromatic N) is 3. The highest BCUT2D eigenvalue weighted by Gasteiger charge is 2.35. The van der Waals surface area contributed by atoms with Gasteiger partial charge in [0.25, 0.3) is 5.56 Å². The lowest BCUT2D eigenvalue weighted by molar-refractivity contribution is -0.139. The summed E-state index contributed by atoms with van der Waals surface area (Å²) in [7, 11) is 1.82. The van der Waals surface area contributed by atoms with Gasteiger partial charge in [0.1, 0.15) is 5.82 Å². The van der Waals surface area contributed by atoms with E-state index in [9.17, 15) is 31.9 Å². The number of ether oxygens (including phenoxy) is 1. The zero-order valence-corrected chi connectivity index (χ0v) is 25.4. The fraction of sp³-hybridized carbons (Fsp3) is 0.324. The Morgan fingerprint density at radius 2 is 1.72 bits per heavy atom. The minimum absolute atomic E-state index is 0.0156. The standard InChI is InChI=1S/C34H32F5N3O5/c1-40-16-15-21-8-2-3-9-22(21)28(40)20-42-32(45)24(23-10-6-13-29(31(23)36)47-17-5-4-14-30(43)44)18-41(33(42)46)19-25-26(34(37,38)39)11-7-12-27(25)35/h2-3,6-13,18,28H,4-5,14-17,19-20H2,1H3,(H,43,44)/t28-/m0/s1. The molecule has 1 aliphatic heterocycles. The van der Waals surface area contributed by atoms with Crippen molar-refractivity contribution < 1.29 is 36.6 Å². The molecule has 1 aliphatic rings. The summed E-state index contributed by atoms with van der Waals surface area (Å²) in [6.07, 6.45) is -2.75.